The minimum absolute atomic E-state index is 0.699. The Kier molecular flexibility index (Phi) is 6.85. The largest absolute Gasteiger partial charge is 0.358 e. The van der Waals surface area contributed by atoms with Gasteiger partial charge in [-0.1, -0.05) is 48.0 Å². The normalized spacial score (nSPS) is 10.9. The van der Waals surface area contributed by atoms with Crippen molar-refractivity contribution >= 4 is 39.8 Å². The number of H-pyrrole nitrogens is 1. The summed E-state index contributed by atoms with van der Waals surface area (Å²) in [6.45, 7) is 4.30. The van der Waals surface area contributed by atoms with Crippen molar-refractivity contribution in [1.82, 2.24) is 20.2 Å². The lowest BCUT2D eigenvalue weighted by atomic mass is 10.1. The summed E-state index contributed by atoms with van der Waals surface area (Å²) < 4.78 is 0. The second-order valence-electron chi connectivity index (χ2n) is 7.60. The summed E-state index contributed by atoms with van der Waals surface area (Å²) in [7, 11) is 0. The van der Waals surface area contributed by atoms with Crippen LogP contribution >= 0.6 is 23.8 Å². The predicted octanol–water partition coefficient (Wildman–Crippen LogP) is 5.64. The summed E-state index contributed by atoms with van der Waals surface area (Å²) in [4.78, 5) is 9.93. The van der Waals surface area contributed by atoms with Gasteiger partial charge in [0, 0.05) is 53.6 Å². The Labute approximate surface area is 193 Å². The molecule has 6 heteroatoms. The number of fused-ring (bicyclic) bond motifs is 1. The lowest BCUT2D eigenvalue weighted by Crippen LogP contribution is -2.40. The maximum atomic E-state index is 6.26. The highest BCUT2D eigenvalue weighted by Gasteiger charge is 2.14. The molecule has 2 heterocycles. The van der Waals surface area contributed by atoms with Crippen LogP contribution in [-0.2, 0) is 19.5 Å². The number of halogens is 1. The van der Waals surface area contributed by atoms with Gasteiger partial charge < -0.3 is 15.2 Å². The monoisotopic (exact) mass is 448 g/mol. The summed E-state index contributed by atoms with van der Waals surface area (Å²) >= 11 is 12.0. The van der Waals surface area contributed by atoms with E-state index in [9.17, 15) is 0 Å². The maximum Gasteiger partial charge on any atom is 0.169 e. The van der Waals surface area contributed by atoms with Crippen LogP contribution in [0.15, 0.2) is 73.1 Å². The van der Waals surface area contributed by atoms with Crippen molar-refractivity contribution in [1.29, 1.82) is 0 Å². The average Bonchev–Trinajstić information content (AvgIpc) is 3.10. The number of rotatable bonds is 7. The summed E-state index contributed by atoms with van der Waals surface area (Å²) in [5, 5.41) is 6.08. The number of aromatic nitrogens is 2. The van der Waals surface area contributed by atoms with E-state index in [1.165, 1.54) is 22.2 Å². The van der Waals surface area contributed by atoms with Gasteiger partial charge >= 0.3 is 0 Å². The van der Waals surface area contributed by atoms with E-state index in [0.717, 1.165) is 34.2 Å². The van der Waals surface area contributed by atoms with Gasteiger partial charge in [-0.3, -0.25) is 4.98 Å². The molecule has 0 radical (unpaired) electrons. The second-order valence-corrected chi connectivity index (χ2v) is 8.42. The zero-order valence-electron chi connectivity index (χ0n) is 17.4. The topological polar surface area (TPSA) is 44.0 Å². The van der Waals surface area contributed by atoms with Crippen LogP contribution in [0.1, 0.15) is 22.4 Å². The van der Waals surface area contributed by atoms with E-state index in [4.69, 9.17) is 23.8 Å². The molecule has 4 nitrogen and oxygen atoms in total. The number of hydrogen-bond donors (Lipinski definition) is 2. The minimum Gasteiger partial charge on any atom is -0.358 e. The Bertz CT molecular complexity index is 1160. The molecule has 0 amide bonds. The quantitative estimate of drug-likeness (QED) is 0.359. The van der Waals surface area contributed by atoms with Gasteiger partial charge in [-0.2, -0.15) is 0 Å². The minimum atomic E-state index is 0.699. The van der Waals surface area contributed by atoms with Crippen LogP contribution in [0, 0.1) is 6.92 Å². The number of hydrogen-bond acceptors (Lipinski definition) is 2. The number of nitrogens with zero attached hydrogens (tertiary/aromatic N) is 2. The van der Waals surface area contributed by atoms with Crippen LogP contribution in [0.3, 0.4) is 0 Å². The van der Waals surface area contributed by atoms with Crippen molar-refractivity contribution in [2.75, 3.05) is 6.54 Å². The van der Waals surface area contributed by atoms with Gasteiger partial charge in [0.25, 0.3) is 0 Å². The Morgan fingerprint density at radius 2 is 1.90 bits per heavy atom. The molecule has 0 aliphatic heterocycles. The van der Waals surface area contributed by atoms with E-state index in [1.807, 2.05) is 48.7 Å². The molecule has 0 unspecified atom stereocenters. The van der Waals surface area contributed by atoms with Gasteiger partial charge in [0.05, 0.1) is 0 Å². The standard InChI is InChI=1S/C25H25ClN4S/c1-18-22(23-14-21(26)9-10-24(23)29-18)11-13-30(17-20-8-5-12-27-15-20)25(31)28-16-19-6-3-2-4-7-19/h2-10,12,14-15,29H,11,13,16-17H2,1H3,(H,28,31). The molecule has 0 saturated carbocycles. The molecule has 2 N–H and O–H groups in total. The highest BCUT2D eigenvalue weighted by molar-refractivity contribution is 7.80. The number of thiocarbonyl (C=S) groups is 1. The van der Waals surface area contributed by atoms with Crippen molar-refractivity contribution in [2.24, 2.45) is 0 Å². The van der Waals surface area contributed by atoms with Crippen LogP contribution in [0.5, 0.6) is 0 Å². The fraction of sp³-hybridized carbons (Fsp3) is 0.200. The van der Waals surface area contributed by atoms with Gasteiger partial charge in [-0.05, 0) is 66.5 Å². The molecule has 2 aromatic carbocycles. The average molecular weight is 449 g/mol. The molecule has 0 aliphatic carbocycles. The molecule has 0 bridgehead atoms. The Hall–Kier alpha value is -2.89. The predicted molar refractivity (Wildman–Crippen MR) is 132 cm³/mol. The van der Waals surface area contributed by atoms with E-state index < -0.39 is 0 Å². The van der Waals surface area contributed by atoms with Crippen LogP contribution in [0.25, 0.3) is 10.9 Å². The maximum absolute atomic E-state index is 6.26. The van der Waals surface area contributed by atoms with E-state index in [2.05, 4.69) is 45.3 Å². The molecule has 0 atom stereocenters. The third-order valence-corrected chi connectivity index (χ3v) is 6.02. The van der Waals surface area contributed by atoms with Gasteiger partial charge in [0.15, 0.2) is 5.11 Å². The Morgan fingerprint density at radius 1 is 1.10 bits per heavy atom. The zero-order chi connectivity index (χ0) is 21.6. The summed E-state index contributed by atoms with van der Waals surface area (Å²) in [5.41, 5.74) is 5.89. The molecule has 0 fully saturated rings. The van der Waals surface area contributed by atoms with Crippen molar-refractivity contribution in [3.8, 4) is 0 Å². The fourth-order valence-corrected chi connectivity index (χ4v) is 4.17. The highest BCUT2D eigenvalue weighted by atomic mass is 35.5. The smallest absolute Gasteiger partial charge is 0.169 e. The second kappa shape index (κ2) is 9.94. The molecular weight excluding hydrogens is 424 g/mol. The fourth-order valence-electron chi connectivity index (χ4n) is 3.77. The van der Waals surface area contributed by atoms with Crippen molar-refractivity contribution in [2.45, 2.75) is 26.4 Å². The van der Waals surface area contributed by atoms with Gasteiger partial charge in [-0.15, -0.1) is 0 Å². The SMILES string of the molecule is Cc1[nH]c2ccc(Cl)cc2c1CCN(Cc1cccnc1)C(=S)NCc1ccccc1. The number of pyridine rings is 1. The lowest BCUT2D eigenvalue weighted by molar-refractivity contribution is 0.408. The molecule has 2 aromatic heterocycles. The van der Waals surface area contributed by atoms with Crippen LogP contribution in [-0.4, -0.2) is 26.5 Å². The Balaban J connectivity index is 1.51. The van der Waals surface area contributed by atoms with Gasteiger partial charge in [0.1, 0.15) is 0 Å². The molecule has 0 aliphatic rings. The molecule has 4 aromatic rings. The zero-order valence-corrected chi connectivity index (χ0v) is 19.0. The van der Waals surface area contributed by atoms with E-state index in [-0.39, 0.29) is 0 Å². The summed E-state index contributed by atoms with van der Waals surface area (Å²) in [6, 6.07) is 20.3. The lowest BCUT2D eigenvalue weighted by Gasteiger charge is -2.26. The van der Waals surface area contributed by atoms with Gasteiger partial charge in [0.2, 0.25) is 0 Å². The van der Waals surface area contributed by atoms with Crippen molar-refractivity contribution < 1.29 is 0 Å². The first-order valence-corrected chi connectivity index (χ1v) is 11.1. The third kappa shape index (κ3) is 5.43. The molecule has 31 heavy (non-hydrogen) atoms. The molecule has 4 rings (SSSR count). The van der Waals surface area contributed by atoms with Gasteiger partial charge in [-0.25, -0.2) is 0 Å². The van der Waals surface area contributed by atoms with Crippen LogP contribution in [0.2, 0.25) is 5.02 Å². The highest BCUT2D eigenvalue weighted by Crippen LogP contribution is 2.26. The molecule has 0 saturated heterocycles. The first kappa shape index (κ1) is 21.3. The Morgan fingerprint density at radius 3 is 2.68 bits per heavy atom. The molecule has 0 spiro atoms. The van der Waals surface area contributed by atoms with Crippen LogP contribution < -0.4 is 5.32 Å². The van der Waals surface area contributed by atoms with Crippen molar-refractivity contribution in [3.05, 3.63) is 100 Å². The first-order valence-electron chi connectivity index (χ1n) is 10.3. The number of nitrogens with one attached hydrogen (secondary N) is 2. The summed E-state index contributed by atoms with van der Waals surface area (Å²) in [6.07, 6.45) is 4.54. The molecule has 158 valence electrons. The first-order chi connectivity index (χ1) is 15.1. The van der Waals surface area contributed by atoms with E-state index in [0.29, 0.717) is 13.1 Å². The number of benzene rings is 2. The van der Waals surface area contributed by atoms with Crippen molar-refractivity contribution in [3.63, 3.8) is 0 Å². The molecular formula is C25H25ClN4S. The summed E-state index contributed by atoms with van der Waals surface area (Å²) in [5.74, 6) is 0. The number of aryl methyl sites for hydroxylation is 1. The number of aromatic amines is 1. The van der Waals surface area contributed by atoms with Crippen LogP contribution in [0.4, 0.5) is 0 Å². The van der Waals surface area contributed by atoms with E-state index in [1.54, 1.807) is 6.20 Å². The van der Waals surface area contributed by atoms with E-state index >= 15 is 0 Å². The third-order valence-electron chi connectivity index (χ3n) is 5.38.